The molecule has 0 amide bonds. The molecule has 3 heteroatoms. The average Bonchev–Trinajstić information content (AvgIpc) is 1.69. The third-order valence-corrected chi connectivity index (χ3v) is 0.743. The zero-order valence-corrected chi connectivity index (χ0v) is 9.79. The third kappa shape index (κ3) is 5.46. The van der Waals surface area contributed by atoms with Gasteiger partial charge in [-0.3, -0.25) is 0 Å². The van der Waals surface area contributed by atoms with Gasteiger partial charge in [-0.1, -0.05) is 30.3 Å². The Morgan fingerprint density at radius 1 is 1.00 bits per heavy atom. The van der Waals surface area contributed by atoms with Gasteiger partial charge in [0.1, 0.15) is 0 Å². The zero-order valence-electron chi connectivity index (χ0n) is 6.79. The van der Waals surface area contributed by atoms with Crippen LogP contribution in [0.5, 0.6) is 5.75 Å². The van der Waals surface area contributed by atoms with Crippen LogP contribution >= 0.6 is 0 Å². The van der Waals surface area contributed by atoms with Gasteiger partial charge in [-0.25, -0.2) is 0 Å². The molecule has 0 heterocycles. The molecule has 0 aliphatic carbocycles. The van der Waals surface area contributed by atoms with Crippen molar-refractivity contribution in [3.05, 3.63) is 30.3 Å². The second-order valence-corrected chi connectivity index (χ2v) is 1.31. The van der Waals surface area contributed by atoms with Gasteiger partial charge >= 0.3 is 59.1 Å². The van der Waals surface area contributed by atoms with Gasteiger partial charge in [0.25, 0.3) is 0 Å². The van der Waals surface area contributed by atoms with Gasteiger partial charge in [0.15, 0.2) is 0 Å². The van der Waals surface area contributed by atoms with Crippen LogP contribution in [-0.2, 0) is 0 Å². The van der Waals surface area contributed by atoms with Crippen LogP contribution in [0.15, 0.2) is 30.3 Å². The molecular formula is C6H6Na2O. The quantitative estimate of drug-likeness (QED) is 0.331. The van der Waals surface area contributed by atoms with E-state index in [1.807, 2.05) is 6.07 Å². The summed E-state index contributed by atoms with van der Waals surface area (Å²) >= 11 is 0. The van der Waals surface area contributed by atoms with E-state index < -0.39 is 0 Å². The van der Waals surface area contributed by atoms with E-state index in [-0.39, 0.29) is 66.3 Å². The van der Waals surface area contributed by atoms with E-state index in [0.717, 1.165) is 0 Å². The van der Waals surface area contributed by atoms with Crippen molar-refractivity contribution in [3.8, 4) is 5.75 Å². The number of para-hydroxylation sites is 1. The van der Waals surface area contributed by atoms with Crippen molar-refractivity contribution < 1.29 is 65.6 Å². The maximum absolute atomic E-state index is 10.3. The summed E-state index contributed by atoms with van der Waals surface area (Å²) in [5.41, 5.74) is 0. The van der Waals surface area contributed by atoms with E-state index in [4.69, 9.17) is 0 Å². The van der Waals surface area contributed by atoms with E-state index in [2.05, 4.69) is 0 Å². The molecule has 1 aromatic carbocycles. The first-order valence-electron chi connectivity index (χ1n) is 2.11. The average molecular weight is 141 g/mol. The second kappa shape index (κ2) is 7.13. The normalized spacial score (nSPS) is 6.67. The van der Waals surface area contributed by atoms with Gasteiger partial charge in [-0.2, -0.15) is 0 Å². The maximum atomic E-state index is 10.3. The summed E-state index contributed by atoms with van der Waals surface area (Å²) in [4.78, 5) is 0. The molecule has 1 rings (SSSR count). The minimum absolute atomic E-state index is 0. The van der Waals surface area contributed by atoms with Gasteiger partial charge in [-0.15, -0.1) is 5.75 Å². The van der Waals surface area contributed by atoms with E-state index in [1.54, 1.807) is 12.1 Å². The Kier molecular flexibility index (Phi) is 10.0. The monoisotopic (exact) mass is 141 g/mol. The fraction of sp³-hybridized carbons (Fsp3) is 0. The molecule has 38 valence electrons. The van der Waals surface area contributed by atoms with E-state index in [1.165, 1.54) is 12.1 Å². The predicted molar refractivity (Wildman–Crippen MR) is 27.0 cm³/mol. The Morgan fingerprint density at radius 3 is 1.67 bits per heavy atom. The third-order valence-electron chi connectivity index (χ3n) is 0.743. The van der Waals surface area contributed by atoms with Gasteiger partial charge in [0.2, 0.25) is 0 Å². The van der Waals surface area contributed by atoms with Crippen LogP contribution in [0.2, 0.25) is 0 Å². The van der Waals surface area contributed by atoms with Crippen molar-refractivity contribution in [1.29, 1.82) is 0 Å². The summed E-state index contributed by atoms with van der Waals surface area (Å²) in [5, 5.41) is 10.3. The van der Waals surface area contributed by atoms with Gasteiger partial charge in [-0.05, 0) is 0 Å². The zero-order chi connectivity index (χ0) is 5.11. The molecule has 0 radical (unpaired) electrons. The molecule has 0 spiro atoms. The smallest absolute Gasteiger partial charge is 1.00 e. The van der Waals surface area contributed by atoms with Gasteiger partial charge in [0.05, 0.1) is 0 Å². The summed E-state index contributed by atoms with van der Waals surface area (Å²) in [5.74, 6) is 0.0718. The Bertz CT molecular complexity index is 146. The standard InChI is InChI=1S/C6H6O.2Na.H/c7-6-4-2-1-3-5-6;;;/h1-5,7H;;;/q;2*+1;-1/p-1/i;;;1+1. The van der Waals surface area contributed by atoms with E-state index in [0.29, 0.717) is 0 Å². The molecule has 0 aromatic heterocycles. The van der Waals surface area contributed by atoms with Crippen LogP contribution in [0.25, 0.3) is 0 Å². The molecular weight excluding hydrogens is 134 g/mol. The Balaban J connectivity index is -0.000000163. The molecule has 0 saturated carbocycles. The second-order valence-electron chi connectivity index (χ2n) is 1.31. The van der Waals surface area contributed by atoms with Crippen molar-refractivity contribution in [2.45, 2.75) is 0 Å². The SMILES string of the molecule is [2H-].[Na+].[Na+].[O-]c1ccccc1. The van der Waals surface area contributed by atoms with Crippen LogP contribution in [-0.4, -0.2) is 0 Å². The Labute approximate surface area is 101 Å². The van der Waals surface area contributed by atoms with Crippen LogP contribution in [0.4, 0.5) is 0 Å². The Morgan fingerprint density at radius 2 is 1.44 bits per heavy atom. The van der Waals surface area contributed by atoms with Gasteiger partial charge < -0.3 is 6.53 Å². The number of benzene rings is 1. The number of hydrogen-bond acceptors (Lipinski definition) is 1. The fourth-order valence-electron chi connectivity index (χ4n) is 0.420. The van der Waals surface area contributed by atoms with Gasteiger partial charge in [0, 0.05) is 0 Å². The minimum atomic E-state index is 0. The molecule has 1 aromatic rings. The molecule has 0 aliphatic heterocycles. The molecule has 9 heavy (non-hydrogen) atoms. The number of rotatable bonds is 0. The molecule has 0 fully saturated rings. The van der Waals surface area contributed by atoms with E-state index in [9.17, 15) is 5.11 Å². The maximum Gasteiger partial charge on any atom is 1.00 e. The summed E-state index contributed by atoms with van der Waals surface area (Å²) in [7, 11) is 0. The molecule has 1 nitrogen and oxygen atoms in total. The first-order valence-corrected chi connectivity index (χ1v) is 2.11. The summed E-state index contributed by atoms with van der Waals surface area (Å²) < 4.78 is 0. The molecule has 0 N–H and O–H groups in total. The largest absolute Gasteiger partial charge is 1.00 e. The van der Waals surface area contributed by atoms with Crippen molar-refractivity contribution in [2.75, 3.05) is 0 Å². The first-order chi connectivity index (χ1) is 3.39. The van der Waals surface area contributed by atoms with Crippen molar-refractivity contribution in [2.24, 2.45) is 0 Å². The first kappa shape index (κ1) is 12.7. The van der Waals surface area contributed by atoms with E-state index >= 15 is 0 Å². The summed E-state index contributed by atoms with van der Waals surface area (Å²) in [6.07, 6.45) is 0. The van der Waals surface area contributed by atoms with Crippen LogP contribution < -0.4 is 64.2 Å². The van der Waals surface area contributed by atoms with Crippen LogP contribution in [0.1, 0.15) is 1.43 Å². The summed E-state index contributed by atoms with van der Waals surface area (Å²) in [6.45, 7) is 0. The van der Waals surface area contributed by atoms with Crippen molar-refractivity contribution >= 4 is 0 Å². The minimum Gasteiger partial charge on any atom is -1.00 e. The topological polar surface area (TPSA) is 23.1 Å². The predicted octanol–water partition coefficient (Wildman–Crippen LogP) is -5.12. The number of hydrogen-bond donors (Lipinski definition) is 0. The molecule has 0 aliphatic rings. The van der Waals surface area contributed by atoms with Crippen LogP contribution in [0.3, 0.4) is 0 Å². The molecule has 0 unspecified atom stereocenters. The van der Waals surface area contributed by atoms with Crippen molar-refractivity contribution in [1.82, 2.24) is 0 Å². The Hall–Kier alpha value is 1.02. The van der Waals surface area contributed by atoms with Crippen molar-refractivity contribution in [3.63, 3.8) is 0 Å². The molecule has 0 bridgehead atoms. The molecule has 0 atom stereocenters. The fourth-order valence-corrected chi connectivity index (χ4v) is 0.420. The molecule has 0 saturated heterocycles. The summed E-state index contributed by atoms with van der Waals surface area (Å²) in [6, 6.07) is 8.33. The van der Waals surface area contributed by atoms with Crippen LogP contribution in [0, 0.1) is 0 Å².